The summed E-state index contributed by atoms with van der Waals surface area (Å²) in [6.07, 6.45) is 0. The summed E-state index contributed by atoms with van der Waals surface area (Å²) in [4.78, 5) is 55.0. The van der Waals surface area contributed by atoms with E-state index in [1.54, 1.807) is 36.4 Å². The fourth-order valence-corrected chi connectivity index (χ4v) is 7.77. The second-order valence-corrected chi connectivity index (χ2v) is 11.1. The van der Waals surface area contributed by atoms with Crippen LogP contribution in [-0.2, 0) is 20.9 Å². The van der Waals surface area contributed by atoms with Crippen LogP contribution in [0, 0.1) is 5.92 Å². The number of nitrogens with one attached hydrogen (secondary N) is 1. The minimum atomic E-state index is -0.735. The molecule has 6 rings (SSSR count). The van der Waals surface area contributed by atoms with Crippen molar-refractivity contribution in [2.45, 2.75) is 22.7 Å². The van der Waals surface area contributed by atoms with E-state index < -0.39 is 23.0 Å². The van der Waals surface area contributed by atoms with Gasteiger partial charge in [0.05, 0.1) is 16.6 Å². The van der Waals surface area contributed by atoms with Crippen molar-refractivity contribution in [3.05, 3.63) is 105 Å². The van der Waals surface area contributed by atoms with Crippen LogP contribution in [0.2, 0.25) is 0 Å². The molecule has 10 heteroatoms. The number of benzene rings is 3. The fraction of sp³-hybridized carbons (Fsp3) is 0.143. The quantitative estimate of drug-likeness (QED) is 0.290. The van der Waals surface area contributed by atoms with Gasteiger partial charge < -0.3 is 10.4 Å². The van der Waals surface area contributed by atoms with E-state index in [4.69, 9.17) is 0 Å². The van der Waals surface area contributed by atoms with Gasteiger partial charge >= 0.3 is 4.87 Å². The third-order valence-electron chi connectivity index (χ3n) is 6.68. The first-order valence-corrected chi connectivity index (χ1v) is 13.6. The molecule has 3 heterocycles. The Labute approximate surface area is 225 Å². The number of aromatic nitrogens is 1. The molecule has 3 atom stereocenters. The number of nitrogens with zero attached hydrogens (tertiary/aromatic N) is 2. The molecule has 0 bridgehead atoms. The molecule has 8 nitrogen and oxygen atoms in total. The Bertz CT molecular complexity index is 1600. The van der Waals surface area contributed by atoms with Crippen LogP contribution in [0.3, 0.4) is 0 Å². The van der Waals surface area contributed by atoms with Gasteiger partial charge in [-0.15, -0.1) is 0 Å². The van der Waals surface area contributed by atoms with Crippen molar-refractivity contribution in [2.75, 3.05) is 10.2 Å². The Balaban J connectivity index is 1.40. The maximum absolute atomic E-state index is 13.8. The zero-order valence-corrected chi connectivity index (χ0v) is 21.4. The minimum absolute atomic E-state index is 0.0735. The largest absolute Gasteiger partial charge is 0.508 e. The average molecular weight is 544 g/mol. The highest BCUT2D eigenvalue weighted by Gasteiger charge is 2.56. The van der Waals surface area contributed by atoms with Crippen molar-refractivity contribution < 1.29 is 19.5 Å². The van der Waals surface area contributed by atoms with Crippen molar-refractivity contribution in [3.63, 3.8) is 0 Å². The van der Waals surface area contributed by atoms with Crippen molar-refractivity contribution in [2.24, 2.45) is 5.92 Å². The normalized spacial score (nSPS) is 20.2. The van der Waals surface area contributed by atoms with E-state index in [-0.39, 0.29) is 29.0 Å². The summed E-state index contributed by atoms with van der Waals surface area (Å²) >= 11 is 2.19. The molecular weight excluding hydrogens is 522 g/mol. The van der Waals surface area contributed by atoms with E-state index in [9.17, 15) is 24.3 Å². The van der Waals surface area contributed by atoms with Gasteiger partial charge in [0.25, 0.3) is 0 Å². The van der Waals surface area contributed by atoms with Crippen molar-refractivity contribution >= 4 is 52.2 Å². The van der Waals surface area contributed by atoms with Crippen molar-refractivity contribution in [3.8, 4) is 5.75 Å². The number of hydrogen-bond acceptors (Lipinski definition) is 7. The van der Waals surface area contributed by atoms with Gasteiger partial charge in [-0.1, -0.05) is 71.6 Å². The number of carbonyl (C=O) groups excluding carboxylic acids is 3. The van der Waals surface area contributed by atoms with Gasteiger partial charge in [0, 0.05) is 16.5 Å². The number of rotatable bonds is 5. The molecule has 0 saturated carbocycles. The lowest BCUT2D eigenvalue weighted by molar-refractivity contribution is -0.122. The molecule has 3 aromatic carbocycles. The smallest absolute Gasteiger partial charge is 0.308 e. The lowest BCUT2D eigenvalue weighted by Crippen LogP contribution is -2.33. The molecule has 2 aliphatic rings. The summed E-state index contributed by atoms with van der Waals surface area (Å²) in [6.45, 7) is -0.248. The van der Waals surface area contributed by atoms with E-state index in [0.717, 1.165) is 16.9 Å². The van der Waals surface area contributed by atoms with Crippen LogP contribution >= 0.6 is 23.1 Å². The highest BCUT2D eigenvalue weighted by molar-refractivity contribution is 8.00. The first-order valence-electron chi connectivity index (χ1n) is 11.9. The standard InChI is InChI=1S/C28H21N3O5S2/c32-19-13-11-17(12-14-19)29-20(33)15-30-27-24(38-28(30)36)21(16-7-3-1-4-8-16)22-23(37-27)26(35)31(25(22)34)18-9-5-2-6-10-18/h1-14,21-23,32H,15H2,(H,29,33)/t21-,22?,23?/m1/s1. The Morgan fingerprint density at radius 3 is 2.21 bits per heavy atom. The van der Waals surface area contributed by atoms with Crippen LogP contribution in [0.15, 0.2) is 94.7 Å². The molecule has 1 saturated heterocycles. The second-order valence-electron chi connectivity index (χ2n) is 9.02. The van der Waals surface area contributed by atoms with Gasteiger partial charge in [0.2, 0.25) is 17.7 Å². The van der Waals surface area contributed by atoms with E-state index in [2.05, 4.69) is 5.32 Å². The van der Waals surface area contributed by atoms with Gasteiger partial charge in [0.1, 0.15) is 17.5 Å². The number of para-hydroxylation sites is 1. The number of phenols is 1. The van der Waals surface area contributed by atoms with Crippen molar-refractivity contribution in [1.82, 2.24) is 4.57 Å². The van der Waals surface area contributed by atoms with Crippen LogP contribution in [-0.4, -0.2) is 32.6 Å². The van der Waals surface area contributed by atoms with Crippen LogP contribution in [0.1, 0.15) is 16.4 Å². The molecule has 0 spiro atoms. The number of thiazole rings is 1. The predicted molar refractivity (Wildman–Crippen MR) is 146 cm³/mol. The third-order valence-corrected chi connectivity index (χ3v) is 9.28. The number of hydrogen-bond donors (Lipinski definition) is 2. The first-order chi connectivity index (χ1) is 18.4. The zero-order valence-electron chi connectivity index (χ0n) is 19.8. The summed E-state index contributed by atoms with van der Waals surface area (Å²) in [5, 5.41) is 12.0. The number of thioether (sulfide) groups is 1. The highest BCUT2D eigenvalue weighted by atomic mass is 32.2. The van der Waals surface area contributed by atoms with Crippen LogP contribution in [0.25, 0.3) is 0 Å². The maximum atomic E-state index is 13.8. The monoisotopic (exact) mass is 543 g/mol. The Hall–Kier alpha value is -4.15. The van der Waals surface area contributed by atoms with Gasteiger partial charge in [-0.3, -0.25) is 23.7 Å². The van der Waals surface area contributed by atoms with Crippen molar-refractivity contribution in [1.29, 1.82) is 0 Å². The van der Waals surface area contributed by atoms with Gasteiger partial charge in [-0.05, 0) is 42.0 Å². The lowest BCUT2D eigenvalue weighted by Gasteiger charge is -2.30. The molecule has 2 N–H and O–H groups in total. The number of anilines is 2. The average Bonchev–Trinajstić information content (AvgIpc) is 3.37. The van der Waals surface area contributed by atoms with Crippen LogP contribution in [0.4, 0.5) is 11.4 Å². The third kappa shape index (κ3) is 4.11. The summed E-state index contributed by atoms with van der Waals surface area (Å²) in [7, 11) is 0. The molecule has 38 heavy (non-hydrogen) atoms. The topological polar surface area (TPSA) is 109 Å². The van der Waals surface area contributed by atoms with Gasteiger partial charge in [0.15, 0.2) is 0 Å². The molecule has 1 aromatic heterocycles. The lowest BCUT2D eigenvalue weighted by atomic mass is 9.83. The van der Waals surface area contributed by atoms with E-state index in [1.807, 2.05) is 36.4 Å². The SMILES string of the molecule is O=C(Cn1c2c(sc1=O)[C@H](c1ccccc1)C1C(=O)N(c3ccccc3)C(=O)C1S2)Nc1ccc(O)cc1. The molecule has 2 unspecified atom stereocenters. The summed E-state index contributed by atoms with van der Waals surface area (Å²) in [5.41, 5.74) is 1.83. The minimum Gasteiger partial charge on any atom is -0.508 e. The number of phenolic OH excluding ortho intramolecular Hbond substituents is 1. The second kappa shape index (κ2) is 9.62. The molecule has 190 valence electrons. The molecule has 2 aliphatic heterocycles. The number of imide groups is 1. The Kier molecular flexibility index (Phi) is 6.13. The number of carbonyl (C=O) groups is 3. The number of amides is 3. The van der Waals surface area contributed by atoms with Crippen LogP contribution in [0.5, 0.6) is 5.75 Å². The summed E-state index contributed by atoms with van der Waals surface area (Å²) in [5.74, 6) is -2.15. The fourth-order valence-electron chi connectivity index (χ4n) is 5.00. The Morgan fingerprint density at radius 1 is 0.868 bits per heavy atom. The molecule has 1 fully saturated rings. The number of aromatic hydroxyl groups is 1. The Morgan fingerprint density at radius 2 is 1.53 bits per heavy atom. The highest BCUT2D eigenvalue weighted by Crippen LogP contribution is 2.53. The van der Waals surface area contributed by atoms with E-state index in [0.29, 0.717) is 21.3 Å². The molecular formula is C28H21N3O5S2. The molecule has 0 aliphatic carbocycles. The van der Waals surface area contributed by atoms with Gasteiger partial charge in [-0.2, -0.15) is 0 Å². The number of fused-ring (bicyclic) bond motifs is 2. The molecule has 0 radical (unpaired) electrons. The maximum Gasteiger partial charge on any atom is 0.308 e. The van der Waals surface area contributed by atoms with Crippen LogP contribution < -0.4 is 15.1 Å². The first kappa shape index (κ1) is 24.2. The zero-order chi connectivity index (χ0) is 26.4. The van der Waals surface area contributed by atoms with E-state index in [1.165, 1.54) is 33.4 Å². The predicted octanol–water partition coefficient (Wildman–Crippen LogP) is 4.05. The summed E-state index contributed by atoms with van der Waals surface area (Å²) < 4.78 is 1.38. The van der Waals surface area contributed by atoms with E-state index >= 15 is 0 Å². The summed E-state index contributed by atoms with van der Waals surface area (Å²) in [6, 6.07) is 24.3. The van der Waals surface area contributed by atoms with Gasteiger partial charge in [-0.25, -0.2) is 4.90 Å². The molecule has 3 amide bonds. The molecule has 4 aromatic rings.